The van der Waals surface area contributed by atoms with Gasteiger partial charge in [-0.05, 0) is 59.9 Å². The van der Waals surface area contributed by atoms with Gasteiger partial charge in [-0.25, -0.2) is 0 Å². The average Bonchev–Trinajstić information content (AvgIpc) is 2.76. The molecule has 0 bridgehead atoms. The Morgan fingerprint density at radius 2 is 1.67 bits per heavy atom. The van der Waals surface area contributed by atoms with Gasteiger partial charge < -0.3 is 11.1 Å². The van der Waals surface area contributed by atoms with Crippen LogP contribution < -0.4 is 11.1 Å². The highest BCUT2D eigenvalue weighted by Crippen LogP contribution is 2.26. The van der Waals surface area contributed by atoms with Gasteiger partial charge in [0.05, 0.1) is 11.4 Å². The Bertz CT molecular complexity index is 1170. The predicted molar refractivity (Wildman–Crippen MR) is 122 cm³/mol. The molecule has 4 rings (SSSR count). The van der Waals surface area contributed by atoms with Crippen LogP contribution in [0.5, 0.6) is 0 Å². The molecule has 1 aliphatic carbocycles. The zero-order valence-electron chi connectivity index (χ0n) is 16.5. The van der Waals surface area contributed by atoms with Gasteiger partial charge in [0, 0.05) is 17.2 Å². The molecule has 4 heteroatoms. The zero-order valence-corrected chi connectivity index (χ0v) is 16.5. The van der Waals surface area contributed by atoms with E-state index in [1.807, 2.05) is 66.7 Å². The lowest BCUT2D eigenvalue weighted by molar-refractivity contribution is -0.111. The number of hydrogen-bond acceptors (Lipinski definition) is 3. The third-order valence-corrected chi connectivity index (χ3v) is 5.11. The van der Waals surface area contributed by atoms with Crippen molar-refractivity contribution in [3.63, 3.8) is 0 Å². The van der Waals surface area contributed by atoms with Crippen molar-refractivity contribution in [2.75, 3.05) is 11.1 Å². The van der Waals surface area contributed by atoms with Gasteiger partial charge in [0.1, 0.15) is 0 Å². The van der Waals surface area contributed by atoms with Crippen LogP contribution in [-0.2, 0) is 11.2 Å². The maximum absolute atomic E-state index is 12.8. The van der Waals surface area contributed by atoms with E-state index in [-0.39, 0.29) is 11.7 Å². The normalized spacial score (nSPS) is 14.7. The number of nitrogens with two attached hydrogens (primary N) is 1. The molecule has 4 nitrogen and oxygen atoms in total. The maximum atomic E-state index is 12.8. The van der Waals surface area contributed by atoms with Gasteiger partial charge in [-0.1, -0.05) is 54.6 Å². The summed E-state index contributed by atoms with van der Waals surface area (Å²) >= 11 is 0. The Morgan fingerprint density at radius 1 is 0.900 bits per heavy atom. The molecule has 0 saturated heterocycles. The van der Waals surface area contributed by atoms with E-state index in [4.69, 9.17) is 5.73 Å². The summed E-state index contributed by atoms with van der Waals surface area (Å²) < 4.78 is 0. The quantitative estimate of drug-likeness (QED) is 0.476. The topological polar surface area (TPSA) is 72.2 Å². The minimum Gasteiger partial charge on any atom is -0.397 e. The van der Waals surface area contributed by atoms with Crippen molar-refractivity contribution in [3.05, 3.63) is 107 Å². The summed E-state index contributed by atoms with van der Waals surface area (Å²) in [4.78, 5) is 25.0. The molecule has 30 heavy (non-hydrogen) atoms. The van der Waals surface area contributed by atoms with E-state index in [9.17, 15) is 9.59 Å². The Morgan fingerprint density at radius 3 is 2.53 bits per heavy atom. The minimum atomic E-state index is -0.254. The fourth-order valence-corrected chi connectivity index (χ4v) is 3.56. The summed E-state index contributed by atoms with van der Waals surface area (Å²) in [5, 5.41) is 2.77. The van der Waals surface area contributed by atoms with Crippen molar-refractivity contribution in [2.45, 2.75) is 12.8 Å². The molecule has 0 heterocycles. The molecule has 3 aromatic rings. The van der Waals surface area contributed by atoms with Gasteiger partial charge >= 0.3 is 0 Å². The van der Waals surface area contributed by atoms with E-state index < -0.39 is 0 Å². The zero-order chi connectivity index (χ0) is 20.9. The monoisotopic (exact) mass is 394 g/mol. The summed E-state index contributed by atoms with van der Waals surface area (Å²) in [6, 6.07) is 22.7. The number of Topliss-reactive ketones (excluding diaryl/α,β-unsaturated/α-hetero) is 1. The molecule has 1 aliphatic rings. The third-order valence-electron chi connectivity index (χ3n) is 5.11. The standard InChI is InChI=1S/C26H22N2O2/c27-23-10-3-4-11-24(23)28-25(29)15-12-18-6-5-7-19(16-18)17-21-14-13-20-8-1-2-9-22(20)26(21)30/h1-12,15-17H,13-14,27H2,(H,28,29)/b15-12+,21-17+. The van der Waals surface area contributed by atoms with Crippen LogP contribution in [0.4, 0.5) is 11.4 Å². The number of benzene rings is 3. The first-order valence-corrected chi connectivity index (χ1v) is 9.87. The van der Waals surface area contributed by atoms with Crippen molar-refractivity contribution in [1.82, 2.24) is 0 Å². The second-order valence-electron chi connectivity index (χ2n) is 7.24. The van der Waals surface area contributed by atoms with E-state index >= 15 is 0 Å². The van der Waals surface area contributed by atoms with E-state index in [1.54, 1.807) is 18.2 Å². The lowest BCUT2D eigenvalue weighted by atomic mass is 9.86. The minimum absolute atomic E-state index is 0.0950. The number of nitrogens with one attached hydrogen (secondary N) is 1. The van der Waals surface area contributed by atoms with Crippen molar-refractivity contribution in [3.8, 4) is 0 Å². The molecule has 0 spiro atoms. The number of ketones is 1. The molecule has 0 saturated carbocycles. The van der Waals surface area contributed by atoms with Gasteiger partial charge in [0.25, 0.3) is 0 Å². The van der Waals surface area contributed by atoms with E-state index in [0.29, 0.717) is 11.4 Å². The number of amides is 1. The highest BCUT2D eigenvalue weighted by molar-refractivity contribution is 6.13. The fraction of sp³-hybridized carbons (Fsp3) is 0.0769. The number of carbonyl (C=O) groups excluding carboxylic acids is 2. The summed E-state index contributed by atoms with van der Waals surface area (Å²) in [6.07, 6.45) is 6.77. The molecule has 3 N–H and O–H groups in total. The smallest absolute Gasteiger partial charge is 0.248 e. The molecule has 0 aromatic heterocycles. The highest BCUT2D eigenvalue weighted by Gasteiger charge is 2.21. The molecule has 0 aliphatic heterocycles. The molecule has 0 atom stereocenters. The number of para-hydroxylation sites is 2. The summed E-state index contributed by atoms with van der Waals surface area (Å²) in [5.74, 6) is -0.159. The van der Waals surface area contributed by atoms with E-state index in [0.717, 1.165) is 40.7 Å². The van der Waals surface area contributed by atoms with Crippen molar-refractivity contribution < 1.29 is 9.59 Å². The summed E-state index contributed by atoms with van der Waals surface area (Å²) in [7, 11) is 0. The van der Waals surface area contributed by atoms with Gasteiger partial charge in [-0.3, -0.25) is 9.59 Å². The Hall–Kier alpha value is -3.92. The van der Waals surface area contributed by atoms with Crippen LogP contribution in [0.3, 0.4) is 0 Å². The number of fused-ring (bicyclic) bond motifs is 1. The number of nitrogen functional groups attached to an aromatic ring is 1. The van der Waals surface area contributed by atoms with Crippen LogP contribution in [0.2, 0.25) is 0 Å². The number of hydrogen-bond donors (Lipinski definition) is 2. The Balaban J connectivity index is 1.49. The van der Waals surface area contributed by atoms with Crippen molar-refractivity contribution in [2.24, 2.45) is 0 Å². The molecule has 0 fully saturated rings. The molecule has 0 radical (unpaired) electrons. The predicted octanol–water partition coefficient (Wildman–Crippen LogP) is 5.13. The van der Waals surface area contributed by atoms with Crippen LogP contribution in [-0.4, -0.2) is 11.7 Å². The Kier molecular flexibility index (Phi) is 5.57. The van der Waals surface area contributed by atoms with Crippen molar-refractivity contribution in [1.29, 1.82) is 0 Å². The van der Waals surface area contributed by atoms with Crippen LogP contribution in [0, 0.1) is 0 Å². The Labute approximate surface area is 175 Å². The van der Waals surface area contributed by atoms with Gasteiger partial charge in [0.15, 0.2) is 5.78 Å². The lowest BCUT2D eigenvalue weighted by Gasteiger charge is -2.17. The number of aryl methyl sites for hydroxylation is 1. The first-order valence-electron chi connectivity index (χ1n) is 9.87. The number of carbonyl (C=O) groups is 2. The van der Waals surface area contributed by atoms with Gasteiger partial charge in [0.2, 0.25) is 5.91 Å². The third kappa shape index (κ3) is 4.39. The van der Waals surface area contributed by atoms with Crippen LogP contribution in [0.15, 0.2) is 84.4 Å². The van der Waals surface area contributed by atoms with E-state index in [1.165, 1.54) is 6.08 Å². The van der Waals surface area contributed by atoms with E-state index in [2.05, 4.69) is 5.32 Å². The fourth-order valence-electron chi connectivity index (χ4n) is 3.56. The largest absolute Gasteiger partial charge is 0.397 e. The van der Waals surface area contributed by atoms with Gasteiger partial charge in [-0.2, -0.15) is 0 Å². The molecule has 1 amide bonds. The van der Waals surface area contributed by atoms with Crippen LogP contribution >= 0.6 is 0 Å². The average molecular weight is 394 g/mol. The second kappa shape index (κ2) is 8.62. The van der Waals surface area contributed by atoms with Crippen LogP contribution in [0.1, 0.15) is 33.5 Å². The maximum Gasteiger partial charge on any atom is 0.248 e. The number of rotatable bonds is 4. The lowest BCUT2D eigenvalue weighted by Crippen LogP contribution is -2.13. The molecular weight excluding hydrogens is 372 g/mol. The first-order chi connectivity index (χ1) is 14.6. The summed E-state index contributed by atoms with van der Waals surface area (Å²) in [6.45, 7) is 0. The first kappa shape index (κ1) is 19.4. The molecular formula is C26H22N2O2. The SMILES string of the molecule is Nc1ccccc1NC(=O)/C=C/c1cccc(/C=C2\CCc3ccccc3C2=O)c1. The highest BCUT2D eigenvalue weighted by atomic mass is 16.1. The van der Waals surface area contributed by atoms with Gasteiger partial charge in [-0.15, -0.1) is 0 Å². The molecule has 0 unspecified atom stereocenters. The number of allylic oxidation sites excluding steroid dienone is 1. The molecule has 148 valence electrons. The van der Waals surface area contributed by atoms with Crippen LogP contribution in [0.25, 0.3) is 12.2 Å². The number of anilines is 2. The van der Waals surface area contributed by atoms with Crippen molar-refractivity contribution >= 4 is 35.2 Å². The second-order valence-corrected chi connectivity index (χ2v) is 7.24. The molecule has 3 aromatic carbocycles. The summed E-state index contributed by atoms with van der Waals surface area (Å²) in [5.41, 5.74) is 11.5.